The van der Waals surface area contributed by atoms with Crippen LogP contribution in [0.2, 0.25) is 0 Å². The summed E-state index contributed by atoms with van der Waals surface area (Å²) in [5.41, 5.74) is 0.881. The molecule has 0 aliphatic heterocycles. The van der Waals surface area contributed by atoms with Crippen molar-refractivity contribution < 1.29 is 8.42 Å². The summed E-state index contributed by atoms with van der Waals surface area (Å²) < 4.78 is 26.4. The second kappa shape index (κ2) is 5.81. The number of rotatable bonds is 6. The van der Waals surface area contributed by atoms with Crippen LogP contribution in [-0.4, -0.2) is 37.0 Å². The maximum absolute atomic E-state index is 12.0. The first-order valence-corrected chi connectivity index (χ1v) is 7.21. The molecule has 2 rings (SSSR count). The van der Waals surface area contributed by atoms with Gasteiger partial charge in [0.25, 0.3) is 0 Å². The molecule has 0 bridgehead atoms. The van der Waals surface area contributed by atoms with Crippen molar-refractivity contribution in [2.24, 2.45) is 0 Å². The van der Waals surface area contributed by atoms with Gasteiger partial charge in [-0.1, -0.05) is 0 Å². The molecule has 0 saturated heterocycles. The van der Waals surface area contributed by atoms with E-state index in [-0.39, 0.29) is 4.90 Å². The van der Waals surface area contributed by atoms with E-state index in [0.29, 0.717) is 18.8 Å². The molecule has 0 radical (unpaired) electrons. The normalized spacial score (nSPS) is 11.4. The molecule has 0 spiro atoms. The van der Waals surface area contributed by atoms with Gasteiger partial charge in [0.1, 0.15) is 10.7 Å². The largest absolute Gasteiger partial charge is 0.373 e. The molecule has 0 fully saturated rings. The van der Waals surface area contributed by atoms with E-state index in [1.54, 1.807) is 25.6 Å². The number of hydrogen-bond donors (Lipinski definition) is 3. The summed E-state index contributed by atoms with van der Waals surface area (Å²) in [7, 11) is -1.79. The van der Waals surface area contributed by atoms with Gasteiger partial charge in [-0.25, -0.2) is 23.1 Å². The van der Waals surface area contributed by atoms with Crippen LogP contribution in [-0.2, 0) is 16.4 Å². The Morgan fingerprint density at radius 1 is 1.32 bits per heavy atom. The van der Waals surface area contributed by atoms with Crippen molar-refractivity contribution in [3.05, 3.63) is 36.5 Å². The average molecular weight is 281 g/mol. The molecule has 0 atom stereocenters. The van der Waals surface area contributed by atoms with E-state index < -0.39 is 10.0 Å². The van der Waals surface area contributed by atoms with E-state index in [4.69, 9.17) is 0 Å². The summed E-state index contributed by atoms with van der Waals surface area (Å²) in [6, 6.07) is 3.13. The van der Waals surface area contributed by atoms with Crippen molar-refractivity contribution in [3.63, 3.8) is 0 Å². The molecule has 102 valence electrons. The van der Waals surface area contributed by atoms with Gasteiger partial charge >= 0.3 is 0 Å². The summed E-state index contributed by atoms with van der Waals surface area (Å²) in [4.78, 5) is 10.9. The van der Waals surface area contributed by atoms with Gasteiger partial charge in [0.15, 0.2) is 0 Å². The number of aromatic nitrogens is 3. The number of anilines is 1. The minimum absolute atomic E-state index is 0.149. The van der Waals surface area contributed by atoms with Gasteiger partial charge in [-0.05, 0) is 12.1 Å². The van der Waals surface area contributed by atoms with Crippen LogP contribution in [0.5, 0.6) is 0 Å². The number of nitrogens with one attached hydrogen (secondary N) is 3. The van der Waals surface area contributed by atoms with Gasteiger partial charge in [-0.15, -0.1) is 0 Å². The van der Waals surface area contributed by atoms with Crippen LogP contribution < -0.4 is 10.0 Å². The van der Waals surface area contributed by atoms with E-state index in [2.05, 4.69) is 25.0 Å². The summed E-state index contributed by atoms with van der Waals surface area (Å²) in [6.07, 6.45) is 5.10. The van der Waals surface area contributed by atoms with E-state index in [9.17, 15) is 8.42 Å². The second-order valence-electron chi connectivity index (χ2n) is 3.85. The Kier molecular flexibility index (Phi) is 4.13. The topological polar surface area (TPSA) is 99.8 Å². The standard InChI is InChI=1S/C11H15N5O2S/c1-12-11-3-2-10(7-14-11)19(17,18)16-5-4-9-6-13-8-15-9/h2-3,6-8,16H,4-5H2,1H3,(H,12,14)(H,13,15). The molecule has 3 N–H and O–H groups in total. The van der Waals surface area contributed by atoms with Crippen LogP contribution >= 0.6 is 0 Å². The van der Waals surface area contributed by atoms with E-state index in [1.165, 1.54) is 12.3 Å². The van der Waals surface area contributed by atoms with Crippen molar-refractivity contribution in [1.29, 1.82) is 0 Å². The zero-order chi connectivity index (χ0) is 13.7. The molecule has 8 heteroatoms. The van der Waals surface area contributed by atoms with E-state index in [1.807, 2.05) is 0 Å². The summed E-state index contributed by atoms with van der Waals surface area (Å²) in [5.74, 6) is 0.622. The van der Waals surface area contributed by atoms with Crippen molar-refractivity contribution in [3.8, 4) is 0 Å². The average Bonchev–Trinajstić information content (AvgIpc) is 2.92. The Balaban J connectivity index is 1.97. The zero-order valence-electron chi connectivity index (χ0n) is 10.4. The monoisotopic (exact) mass is 281 g/mol. The number of imidazole rings is 1. The van der Waals surface area contributed by atoms with Gasteiger partial charge in [0.2, 0.25) is 10.0 Å². The predicted molar refractivity (Wildman–Crippen MR) is 71.3 cm³/mol. The minimum Gasteiger partial charge on any atom is -0.373 e. The number of H-pyrrole nitrogens is 1. The van der Waals surface area contributed by atoms with Crippen LogP contribution in [0.1, 0.15) is 5.69 Å². The van der Waals surface area contributed by atoms with E-state index >= 15 is 0 Å². The number of sulfonamides is 1. The fourth-order valence-electron chi connectivity index (χ4n) is 1.51. The van der Waals surface area contributed by atoms with Crippen LogP contribution in [0, 0.1) is 0 Å². The molecule has 19 heavy (non-hydrogen) atoms. The summed E-state index contributed by atoms with van der Waals surface area (Å²) in [6.45, 7) is 0.304. The van der Waals surface area contributed by atoms with Crippen molar-refractivity contribution in [2.75, 3.05) is 18.9 Å². The molecule has 2 heterocycles. The highest BCUT2D eigenvalue weighted by Gasteiger charge is 2.13. The lowest BCUT2D eigenvalue weighted by Gasteiger charge is -2.06. The Bertz CT molecular complexity index is 607. The highest BCUT2D eigenvalue weighted by molar-refractivity contribution is 7.89. The molecule has 0 amide bonds. The number of nitrogens with zero attached hydrogens (tertiary/aromatic N) is 2. The molecule has 7 nitrogen and oxygen atoms in total. The second-order valence-corrected chi connectivity index (χ2v) is 5.62. The van der Waals surface area contributed by atoms with Gasteiger partial charge < -0.3 is 10.3 Å². The Labute approximate surface area is 111 Å². The third kappa shape index (κ3) is 3.52. The minimum atomic E-state index is -3.51. The Morgan fingerprint density at radius 3 is 2.74 bits per heavy atom. The first-order chi connectivity index (χ1) is 9.12. The van der Waals surface area contributed by atoms with Crippen LogP contribution in [0.25, 0.3) is 0 Å². The lowest BCUT2D eigenvalue weighted by molar-refractivity contribution is 0.581. The van der Waals surface area contributed by atoms with Crippen molar-refractivity contribution in [1.82, 2.24) is 19.7 Å². The van der Waals surface area contributed by atoms with Gasteiger partial charge in [0.05, 0.1) is 6.33 Å². The van der Waals surface area contributed by atoms with Crippen LogP contribution in [0.3, 0.4) is 0 Å². The van der Waals surface area contributed by atoms with Crippen molar-refractivity contribution >= 4 is 15.8 Å². The number of pyridine rings is 1. The number of hydrogen-bond acceptors (Lipinski definition) is 5. The fourth-order valence-corrected chi connectivity index (χ4v) is 2.49. The quantitative estimate of drug-likeness (QED) is 0.710. The molecular formula is C11H15N5O2S. The highest BCUT2D eigenvalue weighted by atomic mass is 32.2. The van der Waals surface area contributed by atoms with Crippen LogP contribution in [0.4, 0.5) is 5.82 Å². The first kappa shape index (κ1) is 13.5. The maximum atomic E-state index is 12.0. The third-order valence-electron chi connectivity index (χ3n) is 2.54. The molecule has 0 aliphatic carbocycles. The maximum Gasteiger partial charge on any atom is 0.242 e. The van der Waals surface area contributed by atoms with Gasteiger partial charge in [-0.3, -0.25) is 0 Å². The molecule has 0 saturated carbocycles. The highest BCUT2D eigenvalue weighted by Crippen LogP contribution is 2.09. The first-order valence-electron chi connectivity index (χ1n) is 5.72. The van der Waals surface area contributed by atoms with Gasteiger partial charge in [-0.2, -0.15) is 0 Å². The molecule has 0 aliphatic rings. The Morgan fingerprint density at radius 2 is 2.16 bits per heavy atom. The molecule has 2 aromatic heterocycles. The fraction of sp³-hybridized carbons (Fsp3) is 0.273. The lowest BCUT2D eigenvalue weighted by atomic mass is 10.3. The Hall–Kier alpha value is -1.93. The van der Waals surface area contributed by atoms with Gasteiger partial charge in [0, 0.05) is 38.1 Å². The molecule has 0 unspecified atom stereocenters. The van der Waals surface area contributed by atoms with E-state index in [0.717, 1.165) is 5.69 Å². The summed E-state index contributed by atoms with van der Waals surface area (Å²) in [5, 5.41) is 2.83. The molecule has 2 aromatic rings. The van der Waals surface area contributed by atoms with Crippen molar-refractivity contribution in [2.45, 2.75) is 11.3 Å². The lowest BCUT2D eigenvalue weighted by Crippen LogP contribution is -2.26. The smallest absolute Gasteiger partial charge is 0.242 e. The molecule has 0 aromatic carbocycles. The molecular weight excluding hydrogens is 266 g/mol. The summed E-state index contributed by atoms with van der Waals surface area (Å²) >= 11 is 0. The predicted octanol–water partition coefficient (Wildman–Crippen LogP) is 0.367. The third-order valence-corrected chi connectivity index (χ3v) is 3.99. The SMILES string of the molecule is CNc1ccc(S(=O)(=O)NCCc2cnc[nH]2)cn1. The zero-order valence-corrected chi connectivity index (χ0v) is 11.2. The van der Waals surface area contributed by atoms with Crippen LogP contribution in [0.15, 0.2) is 35.7 Å². The number of aromatic amines is 1.